The predicted molar refractivity (Wildman–Crippen MR) is 102 cm³/mol. The number of nitrogens with two attached hydrogens (primary N) is 1. The molecule has 2 fully saturated rings. The highest BCUT2D eigenvalue weighted by Crippen LogP contribution is 2.41. The Balaban J connectivity index is 0.00000210. The highest BCUT2D eigenvalue weighted by atomic mass is 35.5. The Morgan fingerprint density at radius 3 is 2.78 bits per heavy atom. The number of fused-ring (bicyclic) bond motifs is 2. The van der Waals surface area contributed by atoms with Crippen LogP contribution in [0.3, 0.4) is 0 Å². The molecule has 0 saturated carbocycles. The highest BCUT2D eigenvalue weighted by Gasteiger charge is 2.55. The molecule has 4 rings (SSSR count). The number of halogens is 1. The van der Waals surface area contributed by atoms with Crippen LogP contribution in [0.2, 0.25) is 0 Å². The van der Waals surface area contributed by atoms with Crippen molar-refractivity contribution in [2.75, 3.05) is 19.6 Å². The number of aryl methyl sites for hydroxylation is 1. The van der Waals surface area contributed by atoms with E-state index in [0.29, 0.717) is 19.5 Å². The number of amides is 4. The number of hydrogen-bond donors (Lipinski definition) is 2. The molecule has 0 aromatic heterocycles. The van der Waals surface area contributed by atoms with Crippen molar-refractivity contribution < 1.29 is 14.4 Å². The molecule has 3 unspecified atom stereocenters. The van der Waals surface area contributed by atoms with Crippen LogP contribution in [-0.2, 0) is 21.5 Å². The van der Waals surface area contributed by atoms with Crippen LogP contribution < -0.4 is 11.1 Å². The highest BCUT2D eigenvalue weighted by molar-refractivity contribution is 6.09. The third kappa shape index (κ3) is 2.99. The second-order valence-corrected chi connectivity index (χ2v) is 7.62. The zero-order valence-corrected chi connectivity index (χ0v) is 16.1. The fraction of sp³-hybridized carbons (Fsp3) is 0.526. The van der Waals surface area contributed by atoms with Gasteiger partial charge in [-0.1, -0.05) is 24.3 Å². The van der Waals surface area contributed by atoms with Crippen molar-refractivity contribution in [2.24, 2.45) is 11.7 Å². The van der Waals surface area contributed by atoms with Crippen LogP contribution in [0.5, 0.6) is 0 Å². The van der Waals surface area contributed by atoms with Gasteiger partial charge in [-0.2, -0.15) is 0 Å². The minimum atomic E-state index is -1.01. The average Bonchev–Trinajstić information content (AvgIpc) is 3.27. The molecular weight excluding hydrogens is 368 g/mol. The van der Waals surface area contributed by atoms with E-state index >= 15 is 0 Å². The molecular formula is C19H25ClN4O3. The van der Waals surface area contributed by atoms with E-state index in [1.54, 1.807) is 4.90 Å². The van der Waals surface area contributed by atoms with E-state index < -0.39 is 11.6 Å². The molecule has 3 N–H and O–H groups in total. The van der Waals surface area contributed by atoms with E-state index in [9.17, 15) is 14.4 Å². The van der Waals surface area contributed by atoms with Crippen molar-refractivity contribution in [3.63, 3.8) is 0 Å². The van der Waals surface area contributed by atoms with Crippen molar-refractivity contribution in [1.29, 1.82) is 0 Å². The lowest BCUT2D eigenvalue weighted by molar-refractivity contribution is -0.139. The molecule has 1 aliphatic carbocycles. The van der Waals surface area contributed by atoms with Gasteiger partial charge in [-0.25, -0.2) is 4.79 Å². The van der Waals surface area contributed by atoms with E-state index in [0.717, 1.165) is 28.9 Å². The van der Waals surface area contributed by atoms with Gasteiger partial charge in [-0.15, -0.1) is 12.4 Å². The number of likely N-dealkylation sites (tertiary alicyclic amines) is 1. The molecule has 0 bridgehead atoms. The van der Waals surface area contributed by atoms with Crippen molar-refractivity contribution in [2.45, 2.75) is 37.8 Å². The Morgan fingerprint density at radius 2 is 2.07 bits per heavy atom. The molecule has 2 aliphatic heterocycles. The summed E-state index contributed by atoms with van der Waals surface area (Å²) in [4.78, 5) is 41.2. The van der Waals surface area contributed by atoms with Gasteiger partial charge in [0.25, 0.3) is 5.91 Å². The molecule has 2 saturated heterocycles. The van der Waals surface area contributed by atoms with Gasteiger partial charge in [0.15, 0.2) is 0 Å². The summed E-state index contributed by atoms with van der Waals surface area (Å²) in [6.45, 7) is 2.90. The van der Waals surface area contributed by atoms with E-state index in [2.05, 4.69) is 5.32 Å². The largest absolute Gasteiger partial charge is 0.338 e. The Labute approximate surface area is 164 Å². The number of carbonyl (C=O) groups is 3. The summed E-state index contributed by atoms with van der Waals surface area (Å²) in [5, 5.41) is 2.86. The summed E-state index contributed by atoms with van der Waals surface area (Å²) in [6.07, 6.45) is 2.14. The van der Waals surface area contributed by atoms with Crippen molar-refractivity contribution in [3.8, 4) is 0 Å². The molecule has 3 aliphatic rings. The fourth-order valence-corrected chi connectivity index (χ4v) is 4.62. The number of urea groups is 1. The van der Waals surface area contributed by atoms with Crippen molar-refractivity contribution in [1.82, 2.24) is 15.1 Å². The molecule has 7 nitrogen and oxygen atoms in total. The number of nitrogens with zero attached hydrogens (tertiary/aromatic N) is 2. The Bertz CT molecular complexity index is 786. The summed E-state index contributed by atoms with van der Waals surface area (Å²) in [6, 6.07) is 7.28. The average molecular weight is 393 g/mol. The SMILES string of the molecule is CC1CC(CN)CN1C(=O)CN1C(=O)NC2(CCc3ccccc32)C1=O.Cl. The first kappa shape index (κ1) is 19.6. The first-order chi connectivity index (χ1) is 12.5. The molecule has 1 aromatic carbocycles. The summed E-state index contributed by atoms with van der Waals surface area (Å²) < 4.78 is 0. The lowest BCUT2D eigenvalue weighted by Gasteiger charge is -2.25. The zero-order chi connectivity index (χ0) is 18.5. The predicted octanol–water partition coefficient (Wildman–Crippen LogP) is 0.997. The molecule has 3 atom stereocenters. The number of hydrogen-bond acceptors (Lipinski definition) is 4. The van der Waals surface area contributed by atoms with Gasteiger partial charge in [-0.05, 0) is 49.8 Å². The molecule has 27 heavy (non-hydrogen) atoms. The van der Waals surface area contributed by atoms with E-state index in [-0.39, 0.29) is 42.7 Å². The minimum Gasteiger partial charge on any atom is -0.338 e. The number of carbonyl (C=O) groups excluding carboxylic acids is 3. The maximum atomic E-state index is 13.1. The van der Waals surface area contributed by atoms with Crippen LogP contribution in [0.25, 0.3) is 0 Å². The topological polar surface area (TPSA) is 95.7 Å². The molecule has 2 heterocycles. The lowest BCUT2D eigenvalue weighted by Crippen LogP contribution is -2.45. The van der Waals surface area contributed by atoms with Gasteiger partial charge in [0, 0.05) is 12.6 Å². The number of benzene rings is 1. The molecule has 0 radical (unpaired) electrons. The smallest absolute Gasteiger partial charge is 0.325 e. The third-order valence-corrected chi connectivity index (χ3v) is 6.03. The Morgan fingerprint density at radius 1 is 1.33 bits per heavy atom. The summed E-state index contributed by atoms with van der Waals surface area (Å²) in [5.74, 6) is -0.228. The third-order valence-electron chi connectivity index (χ3n) is 6.03. The van der Waals surface area contributed by atoms with Crippen molar-refractivity contribution in [3.05, 3.63) is 35.4 Å². The fourth-order valence-electron chi connectivity index (χ4n) is 4.62. The Hall–Kier alpha value is -2.12. The van der Waals surface area contributed by atoms with Crippen LogP contribution in [0, 0.1) is 5.92 Å². The number of nitrogens with one attached hydrogen (secondary N) is 1. The standard InChI is InChI=1S/C19H24N4O3.ClH/c1-12-8-13(9-20)10-22(12)16(24)11-23-17(25)19(21-18(23)26)7-6-14-4-2-3-5-15(14)19;/h2-5,12-13H,6-11,20H2,1H3,(H,21,26);1H. The second-order valence-electron chi connectivity index (χ2n) is 7.62. The Kier molecular flexibility index (Phi) is 5.18. The quantitative estimate of drug-likeness (QED) is 0.750. The van der Waals surface area contributed by atoms with Crippen LogP contribution >= 0.6 is 12.4 Å². The van der Waals surface area contributed by atoms with Gasteiger partial charge in [0.05, 0.1) is 0 Å². The monoisotopic (exact) mass is 392 g/mol. The molecule has 1 aromatic rings. The maximum absolute atomic E-state index is 13.1. The number of imide groups is 1. The van der Waals surface area contributed by atoms with E-state index in [1.165, 1.54) is 0 Å². The van der Waals surface area contributed by atoms with E-state index in [1.807, 2.05) is 31.2 Å². The van der Waals surface area contributed by atoms with Gasteiger partial charge in [0.1, 0.15) is 12.1 Å². The second kappa shape index (κ2) is 7.13. The summed E-state index contributed by atoms with van der Waals surface area (Å²) in [7, 11) is 0. The van der Waals surface area contributed by atoms with Crippen LogP contribution in [0.4, 0.5) is 4.79 Å². The van der Waals surface area contributed by atoms with Gasteiger partial charge >= 0.3 is 6.03 Å². The molecule has 8 heteroatoms. The lowest BCUT2D eigenvalue weighted by atomic mass is 9.92. The van der Waals surface area contributed by atoms with Crippen molar-refractivity contribution >= 4 is 30.3 Å². The molecule has 1 spiro atoms. The van der Waals surface area contributed by atoms with Crippen LogP contribution in [0.1, 0.15) is 30.9 Å². The van der Waals surface area contributed by atoms with E-state index in [4.69, 9.17) is 5.73 Å². The number of rotatable bonds is 3. The maximum Gasteiger partial charge on any atom is 0.325 e. The first-order valence-corrected chi connectivity index (χ1v) is 9.18. The van der Waals surface area contributed by atoms with Crippen LogP contribution in [0.15, 0.2) is 24.3 Å². The zero-order valence-electron chi connectivity index (χ0n) is 15.3. The van der Waals surface area contributed by atoms with Crippen LogP contribution in [-0.4, -0.2) is 53.3 Å². The summed E-state index contributed by atoms with van der Waals surface area (Å²) in [5.41, 5.74) is 6.64. The summed E-state index contributed by atoms with van der Waals surface area (Å²) >= 11 is 0. The van der Waals surface area contributed by atoms with Gasteiger partial charge in [0.2, 0.25) is 5.91 Å². The van der Waals surface area contributed by atoms with Gasteiger partial charge < -0.3 is 16.0 Å². The molecule has 4 amide bonds. The minimum absolute atomic E-state index is 0. The first-order valence-electron chi connectivity index (χ1n) is 9.18. The van der Waals surface area contributed by atoms with Gasteiger partial charge in [-0.3, -0.25) is 14.5 Å². The normalized spacial score (nSPS) is 29.1. The molecule has 146 valence electrons.